The smallest absolute Gasteiger partial charge is 0.128 e. The van der Waals surface area contributed by atoms with Gasteiger partial charge in [0.25, 0.3) is 0 Å². The molecule has 1 heterocycles. The van der Waals surface area contributed by atoms with Crippen LogP contribution in [0.3, 0.4) is 0 Å². The van der Waals surface area contributed by atoms with Crippen molar-refractivity contribution in [2.75, 3.05) is 0 Å². The van der Waals surface area contributed by atoms with Crippen molar-refractivity contribution >= 4 is 0 Å². The molecule has 0 fully saturated rings. The topological polar surface area (TPSA) is 43.8 Å². The van der Waals surface area contributed by atoms with Gasteiger partial charge in [0.05, 0.1) is 17.7 Å². The molecule has 0 radical (unpaired) electrons. The molecular weight excluding hydrogens is 253 g/mol. The SMILES string of the molecule is CC(N)Cc1c(F)cccc1-n1cnc2c1CCCC2. The Balaban J connectivity index is 2.10. The van der Waals surface area contributed by atoms with Crippen molar-refractivity contribution < 1.29 is 4.39 Å². The number of halogens is 1. The Bertz CT molecular complexity index is 616. The molecule has 1 unspecified atom stereocenters. The molecule has 0 saturated carbocycles. The van der Waals surface area contributed by atoms with Gasteiger partial charge in [0.2, 0.25) is 0 Å². The lowest BCUT2D eigenvalue weighted by Gasteiger charge is -2.18. The average Bonchev–Trinajstić information content (AvgIpc) is 2.84. The van der Waals surface area contributed by atoms with Gasteiger partial charge < -0.3 is 10.3 Å². The van der Waals surface area contributed by atoms with Gasteiger partial charge in [-0.1, -0.05) is 6.07 Å². The minimum Gasteiger partial charge on any atom is -0.328 e. The molecule has 4 heteroatoms. The summed E-state index contributed by atoms with van der Waals surface area (Å²) in [5.74, 6) is -0.182. The van der Waals surface area contributed by atoms with Crippen LogP contribution in [0.4, 0.5) is 4.39 Å². The van der Waals surface area contributed by atoms with E-state index in [9.17, 15) is 4.39 Å². The van der Waals surface area contributed by atoms with Crippen LogP contribution in [-0.2, 0) is 19.3 Å². The molecule has 0 saturated heterocycles. The number of rotatable bonds is 3. The number of hydrogen-bond acceptors (Lipinski definition) is 2. The maximum Gasteiger partial charge on any atom is 0.128 e. The zero-order valence-electron chi connectivity index (χ0n) is 11.8. The lowest BCUT2D eigenvalue weighted by molar-refractivity contribution is 0.591. The van der Waals surface area contributed by atoms with Crippen LogP contribution in [0, 0.1) is 5.82 Å². The zero-order valence-corrected chi connectivity index (χ0v) is 11.8. The van der Waals surface area contributed by atoms with E-state index in [2.05, 4.69) is 9.55 Å². The fourth-order valence-electron chi connectivity index (χ4n) is 2.97. The zero-order chi connectivity index (χ0) is 14.1. The van der Waals surface area contributed by atoms with E-state index >= 15 is 0 Å². The maximum absolute atomic E-state index is 14.1. The van der Waals surface area contributed by atoms with Crippen LogP contribution in [0.15, 0.2) is 24.5 Å². The standard InChI is InChI=1S/C16H20FN3/c1-11(18)9-12-13(17)5-4-8-15(12)20-10-19-14-6-2-3-7-16(14)20/h4-5,8,10-11H,2-3,6-7,9,18H2,1H3. The fourth-order valence-corrected chi connectivity index (χ4v) is 2.97. The number of imidazole rings is 1. The molecule has 1 aromatic heterocycles. The van der Waals surface area contributed by atoms with E-state index in [1.165, 1.54) is 24.6 Å². The quantitative estimate of drug-likeness (QED) is 0.934. The first-order valence-electron chi connectivity index (χ1n) is 7.25. The normalized spacial score (nSPS) is 15.9. The van der Waals surface area contributed by atoms with Crippen molar-refractivity contribution in [3.63, 3.8) is 0 Å². The molecule has 1 aromatic carbocycles. The Morgan fingerprint density at radius 3 is 2.95 bits per heavy atom. The minimum absolute atomic E-state index is 0.0648. The third kappa shape index (κ3) is 2.36. The first kappa shape index (κ1) is 13.3. The van der Waals surface area contributed by atoms with Crippen LogP contribution >= 0.6 is 0 Å². The molecule has 1 atom stereocenters. The van der Waals surface area contributed by atoms with E-state index in [0.29, 0.717) is 12.0 Å². The van der Waals surface area contributed by atoms with E-state index in [1.807, 2.05) is 19.3 Å². The first-order valence-corrected chi connectivity index (χ1v) is 7.25. The number of nitrogens with zero attached hydrogens (tertiary/aromatic N) is 2. The Labute approximate surface area is 118 Å². The van der Waals surface area contributed by atoms with E-state index in [-0.39, 0.29) is 11.9 Å². The highest BCUT2D eigenvalue weighted by atomic mass is 19.1. The lowest BCUT2D eigenvalue weighted by atomic mass is 10.00. The van der Waals surface area contributed by atoms with Crippen LogP contribution in [0.25, 0.3) is 5.69 Å². The van der Waals surface area contributed by atoms with Crippen LogP contribution in [0.1, 0.15) is 36.7 Å². The fraction of sp³-hybridized carbons (Fsp3) is 0.438. The summed E-state index contributed by atoms with van der Waals surface area (Å²) in [6, 6.07) is 5.15. The highest BCUT2D eigenvalue weighted by Crippen LogP contribution is 2.26. The largest absolute Gasteiger partial charge is 0.328 e. The number of fused-ring (bicyclic) bond motifs is 1. The van der Waals surface area contributed by atoms with Gasteiger partial charge >= 0.3 is 0 Å². The van der Waals surface area contributed by atoms with E-state index in [4.69, 9.17) is 5.73 Å². The summed E-state index contributed by atoms with van der Waals surface area (Å²) in [5.41, 5.74) is 9.83. The first-order chi connectivity index (χ1) is 9.66. The van der Waals surface area contributed by atoms with Gasteiger partial charge in [0.1, 0.15) is 5.82 Å². The highest BCUT2D eigenvalue weighted by molar-refractivity contribution is 5.45. The van der Waals surface area contributed by atoms with Gasteiger partial charge in [-0.05, 0) is 51.2 Å². The molecule has 20 heavy (non-hydrogen) atoms. The molecule has 2 N–H and O–H groups in total. The van der Waals surface area contributed by atoms with Crippen LogP contribution in [-0.4, -0.2) is 15.6 Å². The molecule has 0 spiro atoms. The van der Waals surface area contributed by atoms with Gasteiger partial charge in [-0.2, -0.15) is 0 Å². The highest BCUT2D eigenvalue weighted by Gasteiger charge is 2.19. The van der Waals surface area contributed by atoms with Crippen LogP contribution in [0.5, 0.6) is 0 Å². The van der Waals surface area contributed by atoms with Gasteiger partial charge in [0.15, 0.2) is 0 Å². The third-order valence-electron chi connectivity index (χ3n) is 3.91. The molecule has 106 valence electrons. The third-order valence-corrected chi connectivity index (χ3v) is 3.91. The van der Waals surface area contributed by atoms with Crippen molar-refractivity contribution in [1.82, 2.24) is 9.55 Å². The number of benzene rings is 1. The summed E-state index contributed by atoms with van der Waals surface area (Å²) in [4.78, 5) is 4.49. The van der Waals surface area contributed by atoms with Gasteiger partial charge in [-0.15, -0.1) is 0 Å². The monoisotopic (exact) mass is 273 g/mol. The Morgan fingerprint density at radius 2 is 2.15 bits per heavy atom. The van der Waals surface area contributed by atoms with E-state index < -0.39 is 0 Å². The molecule has 0 aliphatic heterocycles. The van der Waals surface area contributed by atoms with Crippen molar-refractivity contribution in [3.8, 4) is 5.69 Å². The lowest BCUT2D eigenvalue weighted by Crippen LogP contribution is -2.20. The molecule has 3 rings (SSSR count). The van der Waals surface area contributed by atoms with Gasteiger partial charge in [-0.25, -0.2) is 9.37 Å². The Hall–Kier alpha value is -1.68. The van der Waals surface area contributed by atoms with Gasteiger partial charge in [-0.3, -0.25) is 0 Å². The molecule has 0 amide bonds. The number of aromatic nitrogens is 2. The molecule has 1 aliphatic rings. The average molecular weight is 273 g/mol. The second-order valence-electron chi connectivity index (χ2n) is 5.63. The summed E-state index contributed by atoms with van der Waals surface area (Å²) >= 11 is 0. The van der Waals surface area contributed by atoms with E-state index in [0.717, 1.165) is 24.2 Å². The Morgan fingerprint density at radius 1 is 1.35 bits per heavy atom. The van der Waals surface area contributed by atoms with Crippen molar-refractivity contribution in [3.05, 3.63) is 47.3 Å². The van der Waals surface area contributed by atoms with E-state index in [1.54, 1.807) is 6.07 Å². The van der Waals surface area contributed by atoms with Gasteiger partial charge in [0, 0.05) is 17.3 Å². The van der Waals surface area contributed by atoms with Crippen molar-refractivity contribution in [2.24, 2.45) is 5.73 Å². The summed E-state index contributed by atoms with van der Waals surface area (Å²) in [6.45, 7) is 1.90. The summed E-state index contributed by atoms with van der Waals surface area (Å²) in [6.07, 6.45) is 6.78. The van der Waals surface area contributed by atoms with Crippen LogP contribution in [0.2, 0.25) is 0 Å². The minimum atomic E-state index is -0.182. The predicted octanol–water partition coefficient (Wildman–Crippen LogP) is 2.78. The summed E-state index contributed by atoms with van der Waals surface area (Å²) in [7, 11) is 0. The Kier molecular flexibility index (Phi) is 3.57. The number of aryl methyl sites for hydroxylation is 1. The molecular formula is C16H20FN3. The number of hydrogen-bond donors (Lipinski definition) is 1. The molecule has 2 aromatic rings. The summed E-state index contributed by atoms with van der Waals surface area (Å²) < 4.78 is 16.2. The van der Waals surface area contributed by atoms with Crippen molar-refractivity contribution in [2.45, 2.75) is 45.1 Å². The molecule has 1 aliphatic carbocycles. The van der Waals surface area contributed by atoms with Crippen LogP contribution < -0.4 is 5.73 Å². The van der Waals surface area contributed by atoms with Crippen molar-refractivity contribution in [1.29, 1.82) is 0 Å². The summed E-state index contributed by atoms with van der Waals surface area (Å²) in [5, 5.41) is 0. The second-order valence-corrected chi connectivity index (χ2v) is 5.63. The predicted molar refractivity (Wildman–Crippen MR) is 77.5 cm³/mol. The maximum atomic E-state index is 14.1. The second kappa shape index (κ2) is 5.37. The molecule has 0 bridgehead atoms. The number of nitrogens with two attached hydrogens (primary N) is 1. The molecule has 3 nitrogen and oxygen atoms in total.